The van der Waals surface area contributed by atoms with Crippen molar-refractivity contribution in [2.75, 3.05) is 12.4 Å². The van der Waals surface area contributed by atoms with E-state index < -0.39 is 0 Å². The van der Waals surface area contributed by atoms with Crippen LogP contribution in [0.4, 0.5) is 5.69 Å². The molecule has 0 fully saturated rings. The largest absolute Gasteiger partial charge is 0.495 e. The van der Waals surface area contributed by atoms with Crippen LogP contribution in [0, 0.1) is 5.92 Å². The fraction of sp³-hybridized carbons (Fsp3) is 0.263. The lowest BCUT2D eigenvalue weighted by molar-refractivity contribution is 0.397. The van der Waals surface area contributed by atoms with Gasteiger partial charge >= 0.3 is 0 Å². The van der Waals surface area contributed by atoms with Gasteiger partial charge in [-0.2, -0.15) is 0 Å². The number of rotatable bonds is 2. The molecule has 1 aliphatic heterocycles. The highest BCUT2D eigenvalue weighted by Crippen LogP contribution is 2.52. The number of methoxy groups -OCH3 is 1. The average molecular weight is 356 g/mol. The minimum atomic E-state index is 0.307. The molecule has 0 saturated carbocycles. The highest BCUT2D eigenvalue weighted by atomic mass is 79.9. The van der Waals surface area contributed by atoms with Gasteiger partial charge in [-0.25, -0.2) is 0 Å². The Hall–Kier alpha value is -1.74. The third-order valence-corrected chi connectivity index (χ3v) is 5.28. The van der Waals surface area contributed by atoms with Gasteiger partial charge in [-0.3, -0.25) is 0 Å². The van der Waals surface area contributed by atoms with Crippen LogP contribution in [0.25, 0.3) is 0 Å². The van der Waals surface area contributed by atoms with Gasteiger partial charge in [0.05, 0.1) is 18.8 Å². The average Bonchev–Trinajstić information content (AvgIpc) is 3.03. The molecule has 2 aromatic carbocycles. The monoisotopic (exact) mass is 355 g/mol. The van der Waals surface area contributed by atoms with Crippen molar-refractivity contribution in [3.8, 4) is 5.75 Å². The van der Waals surface area contributed by atoms with E-state index in [-0.39, 0.29) is 0 Å². The fourth-order valence-electron chi connectivity index (χ4n) is 3.79. The molecule has 3 heteroatoms. The Kier molecular flexibility index (Phi) is 3.45. The van der Waals surface area contributed by atoms with Crippen molar-refractivity contribution in [3.63, 3.8) is 0 Å². The van der Waals surface area contributed by atoms with Crippen molar-refractivity contribution >= 4 is 21.6 Å². The number of anilines is 1. The highest BCUT2D eigenvalue weighted by molar-refractivity contribution is 9.10. The van der Waals surface area contributed by atoms with Gasteiger partial charge in [0.1, 0.15) is 5.75 Å². The van der Waals surface area contributed by atoms with Crippen LogP contribution in [0.2, 0.25) is 0 Å². The van der Waals surface area contributed by atoms with E-state index in [1.165, 1.54) is 11.1 Å². The van der Waals surface area contributed by atoms with Crippen molar-refractivity contribution in [1.82, 2.24) is 0 Å². The molecule has 2 aromatic rings. The molecule has 4 rings (SSSR count). The lowest BCUT2D eigenvalue weighted by Crippen LogP contribution is -2.29. The van der Waals surface area contributed by atoms with Gasteiger partial charge in [0.25, 0.3) is 0 Å². The summed E-state index contributed by atoms with van der Waals surface area (Å²) in [5.41, 5.74) is 3.82. The van der Waals surface area contributed by atoms with Crippen LogP contribution in [-0.2, 0) is 0 Å². The van der Waals surface area contributed by atoms with Crippen LogP contribution in [0.3, 0.4) is 0 Å². The van der Waals surface area contributed by atoms with E-state index in [9.17, 15) is 0 Å². The summed E-state index contributed by atoms with van der Waals surface area (Å²) >= 11 is 3.59. The van der Waals surface area contributed by atoms with Gasteiger partial charge < -0.3 is 10.1 Å². The molecule has 2 nitrogen and oxygen atoms in total. The maximum Gasteiger partial charge on any atom is 0.142 e. The molecule has 1 aliphatic carbocycles. The Morgan fingerprint density at radius 3 is 2.86 bits per heavy atom. The molecule has 0 amide bonds. The van der Waals surface area contributed by atoms with E-state index in [0.29, 0.717) is 17.9 Å². The Bertz CT molecular complexity index is 740. The molecule has 2 aliphatic rings. The third kappa shape index (κ3) is 2.15. The van der Waals surface area contributed by atoms with E-state index in [1.54, 1.807) is 7.11 Å². The lowest BCUT2D eigenvalue weighted by atomic mass is 9.77. The maximum absolute atomic E-state index is 5.57. The third-order valence-electron chi connectivity index (χ3n) is 4.79. The zero-order valence-electron chi connectivity index (χ0n) is 12.4. The number of para-hydroxylation sites is 1. The normalized spacial score (nSPS) is 25.3. The number of ether oxygens (including phenoxy) is 1. The molecular formula is C19H18BrNO. The maximum atomic E-state index is 5.57. The first-order chi connectivity index (χ1) is 10.8. The number of benzene rings is 2. The Morgan fingerprint density at radius 2 is 2.05 bits per heavy atom. The predicted molar refractivity (Wildman–Crippen MR) is 93.5 cm³/mol. The second kappa shape index (κ2) is 5.47. The Balaban J connectivity index is 1.83. The number of nitrogens with one attached hydrogen (secondary N) is 1. The van der Waals surface area contributed by atoms with Crippen LogP contribution < -0.4 is 10.1 Å². The molecular weight excluding hydrogens is 338 g/mol. The SMILES string of the molecule is COc1cccc2c1N[C@@H](c1cccc(Br)c1)[C@H]1CC=C[C@H]21. The van der Waals surface area contributed by atoms with Gasteiger partial charge in [-0.05, 0) is 41.7 Å². The molecule has 0 saturated heterocycles. The van der Waals surface area contributed by atoms with E-state index >= 15 is 0 Å². The molecule has 0 unspecified atom stereocenters. The molecule has 22 heavy (non-hydrogen) atoms. The van der Waals surface area contributed by atoms with Crippen molar-refractivity contribution in [3.05, 3.63) is 70.2 Å². The minimum Gasteiger partial charge on any atom is -0.495 e. The van der Waals surface area contributed by atoms with Crippen LogP contribution in [0.15, 0.2) is 59.1 Å². The van der Waals surface area contributed by atoms with Crippen molar-refractivity contribution < 1.29 is 4.74 Å². The summed E-state index contributed by atoms with van der Waals surface area (Å²) in [4.78, 5) is 0. The summed E-state index contributed by atoms with van der Waals surface area (Å²) in [6.45, 7) is 0. The van der Waals surface area contributed by atoms with E-state index in [2.05, 4.69) is 69.8 Å². The summed E-state index contributed by atoms with van der Waals surface area (Å²) < 4.78 is 6.70. The van der Waals surface area contributed by atoms with Crippen LogP contribution >= 0.6 is 15.9 Å². The number of hydrogen-bond acceptors (Lipinski definition) is 2. The van der Waals surface area contributed by atoms with Crippen molar-refractivity contribution in [1.29, 1.82) is 0 Å². The number of hydrogen-bond donors (Lipinski definition) is 1. The predicted octanol–water partition coefficient (Wildman–Crippen LogP) is 5.28. The first-order valence-electron chi connectivity index (χ1n) is 7.63. The summed E-state index contributed by atoms with van der Waals surface area (Å²) in [5.74, 6) is 1.96. The van der Waals surface area contributed by atoms with Crippen LogP contribution in [0.1, 0.15) is 29.5 Å². The summed E-state index contributed by atoms with van der Waals surface area (Å²) in [5, 5.41) is 3.75. The molecule has 0 bridgehead atoms. The first kappa shape index (κ1) is 13.9. The summed E-state index contributed by atoms with van der Waals surface area (Å²) in [7, 11) is 1.74. The van der Waals surface area contributed by atoms with Crippen molar-refractivity contribution in [2.45, 2.75) is 18.4 Å². The molecule has 3 atom stereocenters. The summed E-state index contributed by atoms with van der Waals surface area (Å²) in [6, 6.07) is 15.2. The topological polar surface area (TPSA) is 21.3 Å². The molecule has 0 aromatic heterocycles. The van der Waals surface area contributed by atoms with Gasteiger partial charge in [0.2, 0.25) is 0 Å². The zero-order chi connectivity index (χ0) is 15.1. The van der Waals surface area contributed by atoms with E-state index in [4.69, 9.17) is 4.74 Å². The molecule has 1 N–H and O–H groups in total. The first-order valence-corrected chi connectivity index (χ1v) is 8.43. The second-order valence-corrected chi connectivity index (χ2v) is 6.87. The summed E-state index contributed by atoms with van der Waals surface area (Å²) in [6.07, 6.45) is 5.79. The van der Waals surface area contributed by atoms with E-state index in [0.717, 1.165) is 22.3 Å². The lowest BCUT2D eigenvalue weighted by Gasteiger charge is -2.38. The number of halogens is 1. The quantitative estimate of drug-likeness (QED) is 0.739. The Morgan fingerprint density at radius 1 is 1.18 bits per heavy atom. The van der Waals surface area contributed by atoms with Gasteiger partial charge in [-0.1, -0.05) is 52.3 Å². The highest BCUT2D eigenvalue weighted by Gasteiger charge is 2.38. The van der Waals surface area contributed by atoms with Crippen molar-refractivity contribution in [2.24, 2.45) is 5.92 Å². The smallest absolute Gasteiger partial charge is 0.142 e. The fourth-order valence-corrected chi connectivity index (χ4v) is 4.21. The molecule has 1 heterocycles. The number of allylic oxidation sites excluding steroid dienone is 2. The number of fused-ring (bicyclic) bond motifs is 3. The zero-order valence-corrected chi connectivity index (χ0v) is 14.0. The van der Waals surface area contributed by atoms with Crippen LogP contribution in [0.5, 0.6) is 5.75 Å². The van der Waals surface area contributed by atoms with Gasteiger partial charge in [0, 0.05) is 10.4 Å². The van der Waals surface area contributed by atoms with Gasteiger partial charge in [-0.15, -0.1) is 0 Å². The van der Waals surface area contributed by atoms with Gasteiger partial charge in [0.15, 0.2) is 0 Å². The minimum absolute atomic E-state index is 0.307. The molecule has 112 valence electrons. The van der Waals surface area contributed by atoms with Crippen LogP contribution in [-0.4, -0.2) is 7.11 Å². The molecule has 0 spiro atoms. The van der Waals surface area contributed by atoms with E-state index in [1.807, 2.05) is 6.07 Å². The Labute approximate surface area is 139 Å². The second-order valence-electron chi connectivity index (χ2n) is 5.96. The molecule has 0 radical (unpaired) electrons. The standard InChI is InChI=1S/C19H18BrNO/c1-22-17-10-4-9-16-14-7-3-8-15(14)18(21-19(16)17)12-5-2-6-13(20)11-12/h2-7,9-11,14-15,18,21H,8H2,1H3/t14-,15-,18-/m0/s1.